The first-order valence-corrected chi connectivity index (χ1v) is 8.86. The molecular formula is C19H23N3O4. The average Bonchev–Trinajstić information content (AvgIpc) is 2.64. The standard InChI is InChI=1S/C19H23N3O4/c1-2-26-17-8-7-12(11-13(17)18(24)25)14-9-10-20-19(21-14)22-15-5-3-4-6-16(15)23/h7-11,15-16,23H,2-6H2,1H3,(H,24,25)(H,20,21,22)/t15-,16-/m0/s1. The molecule has 1 aliphatic rings. The summed E-state index contributed by atoms with van der Waals surface area (Å²) in [4.78, 5) is 20.2. The van der Waals surface area contributed by atoms with Gasteiger partial charge in [-0.05, 0) is 44.0 Å². The van der Waals surface area contributed by atoms with Crippen LogP contribution < -0.4 is 10.1 Å². The van der Waals surface area contributed by atoms with Crippen LogP contribution in [0.2, 0.25) is 0 Å². The van der Waals surface area contributed by atoms with Gasteiger partial charge in [0.25, 0.3) is 0 Å². The molecule has 1 heterocycles. The molecular weight excluding hydrogens is 334 g/mol. The van der Waals surface area contributed by atoms with Crippen LogP contribution in [0.25, 0.3) is 11.3 Å². The minimum absolute atomic E-state index is 0.0612. The number of carboxylic acid groups (broad SMARTS) is 1. The van der Waals surface area contributed by atoms with Crippen molar-refractivity contribution in [3.63, 3.8) is 0 Å². The molecule has 0 aliphatic heterocycles. The van der Waals surface area contributed by atoms with Crippen molar-refractivity contribution in [2.75, 3.05) is 11.9 Å². The Morgan fingerprint density at radius 1 is 1.31 bits per heavy atom. The van der Waals surface area contributed by atoms with E-state index in [9.17, 15) is 15.0 Å². The monoisotopic (exact) mass is 357 g/mol. The van der Waals surface area contributed by atoms with Crippen LogP contribution >= 0.6 is 0 Å². The van der Waals surface area contributed by atoms with Crippen molar-refractivity contribution in [2.45, 2.75) is 44.8 Å². The van der Waals surface area contributed by atoms with Crippen LogP contribution in [0.4, 0.5) is 5.95 Å². The number of anilines is 1. The van der Waals surface area contributed by atoms with Gasteiger partial charge in [-0.15, -0.1) is 0 Å². The molecule has 2 aromatic rings. The average molecular weight is 357 g/mol. The number of nitrogens with zero attached hydrogens (tertiary/aromatic N) is 2. The van der Waals surface area contributed by atoms with Gasteiger partial charge < -0.3 is 20.3 Å². The number of carboxylic acids is 1. The highest BCUT2D eigenvalue weighted by atomic mass is 16.5. The third-order valence-corrected chi connectivity index (χ3v) is 4.51. The van der Waals surface area contributed by atoms with Crippen LogP contribution in [0.1, 0.15) is 43.0 Å². The number of benzene rings is 1. The van der Waals surface area contributed by atoms with E-state index in [4.69, 9.17) is 4.74 Å². The van der Waals surface area contributed by atoms with E-state index < -0.39 is 12.1 Å². The van der Waals surface area contributed by atoms with E-state index in [1.165, 1.54) is 0 Å². The first-order valence-electron chi connectivity index (χ1n) is 8.86. The van der Waals surface area contributed by atoms with Crippen molar-refractivity contribution in [3.05, 3.63) is 36.0 Å². The predicted molar refractivity (Wildman–Crippen MR) is 97.5 cm³/mol. The summed E-state index contributed by atoms with van der Waals surface area (Å²) < 4.78 is 5.37. The Morgan fingerprint density at radius 2 is 2.12 bits per heavy atom. The molecule has 1 aromatic carbocycles. The normalized spacial score (nSPS) is 19.8. The van der Waals surface area contributed by atoms with E-state index in [-0.39, 0.29) is 11.6 Å². The molecule has 0 saturated heterocycles. The lowest BCUT2D eigenvalue weighted by atomic mass is 9.93. The molecule has 0 radical (unpaired) electrons. The molecule has 3 N–H and O–H groups in total. The van der Waals surface area contributed by atoms with Gasteiger partial charge in [0.1, 0.15) is 11.3 Å². The van der Waals surface area contributed by atoms with Crippen molar-refractivity contribution < 1.29 is 19.7 Å². The molecule has 1 aliphatic carbocycles. The van der Waals surface area contributed by atoms with E-state index in [0.717, 1.165) is 25.7 Å². The minimum atomic E-state index is -1.05. The predicted octanol–water partition coefficient (Wildman–Crippen LogP) is 2.96. The SMILES string of the molecule is CCOc1ccc(-c2ccnc(N[C@H]3CCCC[C@@H]3O)n2)cc1C(=O)O. The molecule has 7 heteroatoms. The van der Waals surface area contributed by atoms with E-state index in [1.807, 2.05) is 6.92 Å². The molecule has 0 spiro atoms. The highest BCUT2D eigenvalue weighted by molar-refractivity contribution is 5.92. The second-order valence-corrected chi connectivity index (χ2v) is 6.32. The number of hydrogen-bond donors (Lipinski definition) is 3. The van der Waals surface area contributed by atoms with Gasteiger partial charge in [-0.25, -0.2) is 14.8 Å². The lowest BCUT2D eigenvalue weighted by Crippen LogP contribution is -2.36. The van der Waals surface area contributed by atoms with Crippen LogP contribution in [0, 0.1) is 0 Å². The summed E-state index contributed by atoms with van der Waals surface area (Å²) in [5.41, 5.74) is 1.37. The van der Waals surface area contributed by atoms with E-state index in [0.29, 0.717) is 29.6 Å². The summed E-state index contributed by atoms with van der Waals surface area (Å²) in [5, 5.41) is 22.7. The van der Waals surface area contributed by atoms with Crippen LogP contribution in [0.3, 0.4) is 0 Å². The fourth-order valence-corrected chi connectivity index (χ4v) is 3.17. The Kier molecular flexibility index (Phi) is 5.68. The van der Waals surface area contributed by atoms with Crippen LogP contribution in [0.15, 0.2) is 30.5 Å². The zero-order valence-corrected chi connectivity index (χ0v) is 14.7. The van der Waals surface area contributed by atoms with Gasteiger partial charge in [-0.2, -0.15) is 0 Å². The lowest BCUT2D eigenvalue weighted by molar-refractivity contribution is 0.0692. The molecule has 0 unspecified atom stereocenters. The van der Waals surface area contributed by atoms with Gasteiger partial charge in [0.2, 0.25) is 5.95 Å². The van der Waals surface area contributed by atoms with E-state index in [1.54, 1.807) is 30.5 Å². The van der Waals surface area contributed by atoms with E-state index in [2.05, 4.69) is 15.3 Å². The summed E-state index contributed by atoms with van der Waals surface area (Å²) in [7, 11) is 0. The Morgan fingerprint density at radius 3 is 2.85 bits per heavy atom. The maximum Gasteiger partial charge on any atom is 0.339 e. The smallest absolute Gasteiger partial charge is 0.339 e. The van der Waals surface area contributed by atoms with Gasteiger partial charge in [0, 0.05) is 11.8 Å². The topological polar surface area (TPSA) is 105 Å². The Hall–Kier alpha value is -2.67. The number of hydrogen-bond acceptors (Lipinski definition) is 6. The van der Waals surface area contributed by atoms with Gasteiger partial charge in [0.05, 0.1) is 24.4 Å². The molecule has 1 fully saturated rings. The number of aromatic nitrogens is 2. The number of ether oxygens (including phenoxy) is 1. The largest absolute Gasteiger partial charge is 0.493 e. The zero-order chi connectivity index (χ0) is 18.5. The first kappa shape index (κ1) is 18.1. The van der Waals surface area contributed by atoms with Crippen LogP contribution in [0.5, 0.6) is 5.75 Å². The molecule has 3 rings (SSSR count). The summed E-state index contributed by atoms with van der Waals surface area (Å²) in [5.74, 6) is -0.284. The Balaban J connectivity index is 1.85. The maximum atomic E-state index is 11.5. The number of aliphatic hydroxyl groups is 1. The van der Waals surface area contributed by atoms with Crippen molar-refractivity contribution in [1.29, 1.82) is 0 Å². The molecule has 0 bridgehead atoms. The second-order valence-electron chi connectivity index (χ2n) is 6.32. The van der Waals surface area contributed by atoms with Crippen molar-refractivity contribution in [2.24, 2.45) is 0 Å². The number of rotatable bonds is 6. The number of aromatic carboxylic acids is 1. The van der Waals surface area contributed by atoms with Gasteiger partial charge >= 0.3 is 5.97 Å². The Bertz CT molecular complexity index is 781. The molecule has 1 saturated carbocycles. The fourth-order valence-electron chi connectivity index (χ4n) is 3.17. The lowest BCUT2D eigenvalue weighted by Gasteiger charge is -2.28. The van der Waals surface area contributed by atoms with Gasteiger partial charge in [-0.3, -0.25) is 0 Å². The Labute approximate surface area is 152 Å². The molecule has 26 heavy (non-hydrogen) atoms. The zero-order valence-electron chi connectivity index (χ0n) is 14.7. The highest BCUT2D eigenvalue weighted by Crippen LogP contribution is 2.27. The molecule has 0 amide bonds. The highest BCUT2D eigenvalue weighted by Gasteiger charge is 2.23. The quantitative estimate of drug-likeness (QED) is 0.730. The fraction of sp³-hybridized carbons (Fsp3) is 0.421. The van der Waals surface area contributed by atoms with Crippen LogP contribution in [-0.2, 0) is 0 Å². The molecule has 7 nitrogen and oxygen atoms in total. The summed E-state index contributed by atoms with van der Waals surface area (Å²) in [6, 6.07) is 6.63. The minimum Gasteiger partial charge on any atom is -0.493 e. The summed E-state index contributed by atoms with van der Waals surface area (Å²) >= 11 is 0. The number of aliphatic hydroxyl groups excluding tert-OH is 1. The van der Waals surface area contributed by atoms with Gasteiger partial charge in [-0.1, -0.05) is 12.8 Å². The van der Waals surface area contributed by atoms with Gasteiger partial charge in [0.15, 0.2) is 0 Å². The molecule has 1 aromatic heterocycles. The van der Waals surface area contributed by atoms with Crippen molar-refractivity contribution >= 4 is 11.9 Å². The summed E-state index contributed by atoms with van der Waals surface area (Å²) in [6.07, 6.45) is 4.97. The third kappa shape index (κ3) is 4.11. The maximum absolute atomic E-state index is 11.5. The third-order valence-electron chi connectivity index (χ3n) is 4.51. The van der Waals surface area contributed by atoms with Crippen molar-refractivity contribution in [3.8, 4) is 17.0 Å². The van der Waals surface area contributed by atoms with Crippen molar-refractivity contribution in [1.82, 2.24) is 9.97 Å². The van der Waals surface area contributed by atoms with Crippen LogP contribution in [-0.4, -0.2) is 44.9 Å². The first-order chi connectivity index (χ1) is 12.6. The second kappa shape index (κ2) is 8.14. The van der Waals surface area contributed by atoms with E-state index >= 15 is 0 Å². The molecule has 138 valence electrons. The summed E-state index contributed by atoms with van der Waals surface area (Å²) in [6.45, 7) is 2.20. The number of nitrogens with one attached hydrogen (secondary N) is 1. The number of carbonyl (C=O) groups is 1. The molecule has 2 atom stereocenters.